The predicted octanol–water partition coefficient (Wildman–Crippen LogP) is 4.98. The smallest absolute Gasteiger partial charge is 0.407 e. The van der Waals surface area contributed by atoms with E-state index in [0.29, 0.717) is 36.0 Å². The Hall–Kier alpha value is -1.98. The highest BCUT2D eigenvalue weighted by Gasteiger charge is 2.33. The molecule has 1 saturated heterocycles. The molecule has 0 aromatic heterocycles. The first-order valence-corrected chi connectivity index (χ1v) is 9.99. The van der Waals surface area contributed by atoms with Crippen molar-refractivity contribution in [2.75, 3.05) is 19.7 Å². The highest BCUT2D eigenvalue weighted by molar-refractivity contribution is 14.1. The molecular weight excluding hydrogens is 479 g/mol. The van der Waals surface area contributed by atoms with Crippen LogP contribution in [0.3, 0.4) is 0 Å². The summed E-state index contributed by atoms with van der Waals surface area (Å²) in [5, 5.41) is 19.4. The van der Waals surface area contributed by atoms with Gasteiger partial charge in [-0.2, -0.15) is 5.26 Å². The van der Waals surface area contributed by atoms with Gasteiger partial charge in [0.05, 0.1) is 12.2 Å². The summed E-state index contributed by atoms with van der Waals surface area (Å²) in [5.41, 5.74) is 1.61. The normalized spacial score (nSPS) is 19.4. The number of amides is 1. The number of nitriles is 1. The fourth-order valence-electron chi connectivity index (χ4n) is 3.44. The molecule has 1 heterocycles. The van der Waals surface area contributed by atoms with Crippen LogP contribution in [0.5, 0.6) is 5.75 Å². The summed E-state index contributed by atoms with van der Waals surface area (Å²) in [6.45, 7) is 1.23. The molecule has 0 radical (unpaired) electrons. The van der Waals surface area contributed by atoms with Crippen molar-refractivity contribution in [3.63, 3.8) is 0 Å². The Balaban J connectivity index is 1.80. The SMILES string of the molecule is N#Cc1cc(I)ccc1OCC1CN(C(=O)O)CCC1c1ccc(Cl)cc1. The standard InChI is InChI=1S/C20H18ClIN2O3/c21-16-3-1-13(2-4-16)18-7-8-24(20(25)26)11-15(18)12-27-19-6-5-17(22)9-14(19)10-23/h1-6,9,15,18H,7-8,11-12H2,(H,25,26). The fourth-order valence-corrected chi connectivity index (χ4v) is 4.05. The van der Waals surface area contributed by atoms with Crippen LogP contribution >= 0.6 is 34.2 Å². The van der Waals surface area contributed by atoms with Crippen molar-refractivity contribution in [1.82, 2.24) is 4.90 Å². The van der Waals surface area contributed by atoms with Gasteiger partial charge in [0, 0.05) is 27.6 Å². The van der Waals surface area contributed by atoms with Crippen LogP contribution in [0.4, 0.5) is 4.79 Å². The third-order valence-electron chi connectivity index (χ3n) is 4.82. The van der Waals surface area contributed by atoms with Crippen molar-refractivity contribution in [3.05, 3.63) is 62.2 Å². The molecule has 1 amide bonds. The Labute approximate surface area is 176 Å². The third-order valence-corrected chi connectivity index (χ3v) is 5.74. The summed E-state index contributed by atoms with van der Waals surface area (Å²) in [4.78, 5) is 12.9. The first kappa shape index (κ1) is 19.8. The third kappa shape index (κ3) is 4.85. The highest BCUT2D eigenvalue weighted by atomic mass is 127. The van der Waals surface area contributed by atoms with E-state index < -0.39 is 6.09 Å². The minimum absolute atomic E-state index is 0.0122. The van der Waals surface area contributed by atoms with E-state index in [1.165, 1.54) is 4.90 Å². The lowest BCUT2D eigenvalue weighted by Gasteiger charge is -2.37. The van der Waals surface area contributed by atoms with E-state index in [2.05, 4.69) is 28.7 Å². The predicted molar refractivity (Wildman–Crippen MR) is 111 cm³/mol. The van der Waals surface area contributed by atoms with E-state index in [4.69, 9.17) is 16.3 Å². The Kier molecular flexibility index (Phi) is 6.45. The number of piperidine rings is 1. The Morgan fingerprint density at radius 2 is 2.07 bits per heavy atom. The number of carboxylic acid groups (broad SMARTS) is 1. The van der Waals surface area contributed by atoms with Crippen LogP contribution in [0.15, 0.2) is 42.5 Å². The fraction of sp³-hybridized carbons (Fsp3) is 0.300. The molecule has 3 rings (SSSR count). The number of hydrogen-bond acceptors (Lipinski definition) is 3. The van der Waals surface area contributed by atoms with Crippen molar-refractivity contribution in [3.8, 4) is 11.8 Å². The molecule has 0 bridgehead atoms. The molecule has 2 unspecified atom stereocenters. The lowest BCUT2D eigenvalue weighted by atomic mass is 9.81. The molecule has 1 aliphatic heterocycles. The maximum atomic E-state index is 11.4. The van der Waals surface area contributed by atoms with Gasteiger partial charge in [-0.3, -0.25) is 0 Å². The summed E-state index contributed by atoms with van der Waals surface area (Å²) in [6.07, 6.45) is -0.193. The zero-order chi connectivity index (χ0) is 19.4. The molecule has 5 nitrogen and oxygen atoms in total. The van der Waals surface area contributed by atoms with E-state index in [-0.39, 0.29) is 11.8 Å². The van der Waals surface area contributed by atoms with E-state index in [1.807, 2.05) is 30.3 Å². The number of likely N-dealkylation sites (tertiary alicyclic amines) is 1. The van der Waals surface area contributed by atoms with E-state index in [9.17, 15) is 15.2 Å². The number of carbonyl (C=O) groups is 1. The molecule has 7 heteroatoms. The van der Waals surface area contributed by atoms with Gasteiger partial charge in [-0.25, -0.2) is 4.79 Å². The van der Waals surface area contributed by atoms with E-state index in [1.54, 1.807) is 12.1 Å². The molecule has 0 saturated carbocycles. The molecule has 140 valence electrons. The molecule has 2 atom stereocenters. The van der Waals surface area contributed by atoms with Crippen LogP contribution in [-0.4, -0.2) is 35.8 Å². The Bertz CT molecular complexity index is 867. The van der Waals surface area contributed by atoms with Gasteiger partial charge in [-0.05, 0) is 70.8 Å². The quantitative estimate of drug-likeness (QED) is 0.606. The van der Waals surface area contributed by atoms with Gasteiger partial charge in [-0.1, -0.05) is 23.7 Å². The Morgan fingerprint density at radius 1 is 1.33 bits per heavy atom. The first-order valence-electron chi connectivity index (χ1n) is 8.53. The van der Waals surface area contributed by atoms with Gasteiger partial charge in [0.1, 0.15) is 11.8 Å². The lowest BCUT2D eigenvalue weighted by molar-refractivity contribution is 0.0937. The number of ether oxygens (including phenoxy) is 1. The molecule has 0 spiro atoms. The number of hydrogen-bond donors (Lipinski definition) is 1. The van der Waals surface area contributed by atoms with E-state index >= 15 is 0 Å². The molecular formula is C20H18ClIN2O3. The topological polar surface area (TPSA) is 73.6 Å². The summed E-state index contributed by atoms with van der Waals surface area (Å²) in [7, 11) is 0. The largest absolute Gasteiger partial charge is 0.492 e. The lowest BCUT2D eigenvalue weighted by Crippen LogP contribution is -2.44. The average molecular weight is 497 g/mol. The minimum Gasteiger partial charge on any atom is -0.492 e. The monoisotopic (exact) mass is 496 g/mol. The van der Waals surface area contributed by atoms with Crippen molar-refractivity contribution in [1.29, 1.82) is 5.26 Å². The number of nitrogens with zero attached hydrogens (tertiary/aromatic N) is 2. The average Bonchev–Trinajstić information content (AvgIpc) is 2.67. The van der Waals surface area contributed by atoms with Crippen LogP contribution in [0.2, 0.25) is 5.02 Å². The molecule has 1 aliphatic rings. The summed E-state index contributed by atoms with van der Waals surface area (Å²) in [5.74, 6) is 0.689. The Morgan fingerprint density at radius 3 is 2.74 bits per heavy atom. The van der Waals surface area contributed by atoms with Gasteiger partial charge >= 0.3 is 6.09 Å². The number of rotatable bonds is 4. The molecule has 0 aliphatic carbocycles. The van der Waals surface area contributed by atoms with Gasteiger partial charge in [0.15, 0.2) is 0 Å². The second kappa shape index (κ2) is 8.81. The van der Waals surface area contributed by atoms with Gasteiger partial charge in [0.2, 0.25) is 0 Å². The molecule has 27 heavy (non-hydrogen) atoms. The molecule has 2 aromatic rings. The van der Waals surface area contributed by atoms with Gasteiger partial charge < -0.3 is 14.7 Å². The van der Waals surface area contributed by atoms with Crippen LogP contribution < -0.4 is 4.74 Å². The number of benzene rings is 2. The van der Waals surface area contributed by atoms with Crippen LogP contribution in [0, 0.1) is 20.8 Å². The van der Waals surface area contributed by atoms with Crippen molar-refractivity contribution < 1.29 is 14.6 Å². The second-order valence-corrected chi connectivity index (χ2v) is 8.18. The summed E-state index contributed by atoms with van der Waals surface area (Å²) in [6, 6.07) is 15.3. The van der Waals surface area contributed by atoms with Crippen molar-refractivity contribution in [2.45, 2.75) is 12.3 Å². The maximum absolute atomic E-state index is 11.4. The molecule has 1 fully saturated rings. The zero-order valence-corrected chi connectivity index (χ0v) is 17.4. The molecule has 2 aromatic carbocycles. The first-order chi connectivity index (χ1) is 13.0. The summed E-state index contributed by atoms with van der Waals surface area (Å²) >= 11 is 8.15. The zero-order valence-electron chi connectivity index (χ0n) is 14.4. The van der Waals surface area contributed by atoms with Crippen molar-refractivity contribution in [2.24, 2.45) is 5.92 Å². The molecule has 1 N–H and O–H groups in total. The van der Waals surface area contributed by atoms with Crippen molar-refractivity contribution >= 4 is 40.3 Å². The van der Waals surface area contributed by atoms with Crippen LogP contribution in [-0.2, 0) is 0 Å². The summed E-state index contributed by atoms with van der Waals surface area (Å²) < 4.78 is 6.92. The van der Waals surface area contributed by atoms with Gasteiger partial charge in [-0.15, -0.1) is 0 Å². The number of halogens is 2. The van der Waals surface area contributed by atoms with Gasteiger partial charge in [0.25, 0.3) is 0 Å². The van der Waals surface area contributed by atoms with Crippen LogP contribution in [0.25, 0.3) is 0 Å². The maximum Gasteiger partial charge on any atom is 0.407 e. The second-order valence-electron chi connectivity index (χ2n) is 6.50. The van der Waals surface area contributed by atoms with E-state index in [0.717, 1.165) is 15.6 Å². The van der Waals surface area contributed by atoms with Crippen LogP contribution in [0.1, 0.15) is 23.5 Å². The minimum atomic E-state index is -0.915. The highest BCUT2D eigenvalue weighted by Crippen LogP contribution is 2.34.